The van der Waals surface area contributed by atoms with Crippen LogP contribution in [0, 0.1) is 0 Å². The van der Waals surface area contributed by atoms with Gasteiger partial charge in [-0.1, -0.05) is 57.1 Å². The van der Waals surface area contributed by atoms with E-state index in [0.29, 0.717) is 6.42 Å². The summed E-state index contributed by atoms with van der Waals surface area (Å²) in [6.45, 7) is 4.50. The maximum atomic E-state index is 10.3. The predicted octanol–water partition coefficient (Wildman–Crippen LogP) is 5.72. The van der Waals surface area contributed by atoms with Crippen LogP contribution in [0.3, 0.4) is 0 Å². The number of carboxylic acid groups (broad SMARTS) is 1. The Morgan fingerprint density at radius 3 is 2.16 bits per heavy atom. The molecule has 0 saturated heterocycles. The zero-order valence-electron chi connectivity index (χ0n) is 12.9. The molecule has 0 rings (SSSR count). The molecule has 0 aromatic rings. The van der Waals surface area contributed by atoms with E-state index in [1.54, 1.807) is 5.57 Å². The smallest absolute Gasteiger partial charge is 0.303 e. The molecule has 0 fully saturated rings. The molecular weight excluding hydrogens is 236 g/mol. The van der Waals surface area contributed by atoms with Gasteiger partial charge in [0.15, 0.2) is 0 Å². The second kappa shape index (κ2) is 13.6. The second-order valence-electron chi connectivity index (χ2n) is 5.56. The van der Waals surface area contributed by atoms with Gasteiger partial charge in [-0.2, -0.15) is 0 Å². The number of rotatable bonds is 13. The number of allylic oxidation sites excluding steroid dienone is 2. The summed E-state index contributed by atoms with van der Waals surface area (Å²) in [7, 11) is 0. The highest BCUT2D eigenvalue weighted by molar-refractivity contribution is 5.66. The number of hydrogen-bond acceptors (Lipinski definition) is 1. The van der Waals surface area contributed by atoms with E-state index in [1.807, 2.05) is 0 Å². The minimum atomic E-state index is -0.665. The van der Waals surface area contributed by atoms with Gasteiger partial charge < -0.3 is 5.11 Å². The largest absolute Gasteiger partial charge is 0.481 e. The first-order valence-electron chi connectivity index (χ1n) is 8.04. The van der Waals surface area contributed by atoms with Crippen molar-refractivity contribution in [2.45, 2.75) is 90.9 Å². The zero-order valence-corrected chi connectivity index (χ0v) is 12.9. The van der Waals surface area contributed by atoms with Crippen LogP contribution in [0.1, 0.15) is 90.9 Å². The minimum Gasteiger partial charge on any atom is -0.481 e. The zero-order chi connectivity index (χ0) is 14.3. The summed E-state index contributed by atoms with van der Waals surface area (Å²) in [5.41, 5.74) is 1.54. The van der Waals surface area contributed by atoms with Gasteiger partial charge in [0.05, 0.1) is 0 Å². The number of aliphatic carboxylic acids is 1. The summed E-state index contributed by atoms with van der Waals surface area (Å²) in [5.74, 6) is -0.665. The summed E-state index contributed by atoms with van der Waals surface area (Å²) in [5, 5.41) is 8.51. The number of unbranched alkanes of at least 4 members (excludes halogenated alkanes) is 8. The monoisotopic (exact) mass is 268 g/mol. The Labute approximate surface area is 119 Å². The Morgan fingerprint density at radius 1 is 0.895 bits per heavy atom. The molecule has 0 radical (unpaired) electrons. The van der Waals surface area contributed by atoms with Gasteiger partial charge in [0.25, 0.3) is 0 Å². The first-order chi connectivity index (χ1) is 9.16. The van der Waals surface area contributed by atoms with E-state index in [9.17, 15) is 4.79 Å². The molecule has 19 heavy (non-hydrogen) atoms. The average Bonchev–Trinajstić information content (AvgIpc) is 2.37. The molecule has 0 atom stereocenters. The maximum Gasteiger partial charge on any atom is 0.303 e. The quantitative estimate of drug-likeness (QED) is 0.343. The maximum absolute atomic E-state index is 10.3. The first kappa shape index (κ1) is 18.2. The molecule has 0 bridgehead atoms. The lowest BCUT2D eigenvalue weighted by molar-refractivity contribution is -0.137. The molecule has 0 spiro atoms. The summed E-state index contributed by atoms with van der Waals surface area (Å²) in [6, 6.07) is 0. The van der Waals surface area contributed by atoms with Crippen molar-refractivity contribution in [3.8, 4) is 0 Å². The summed E-state index contributed by atoms with van der Waals surface area (Å²) >= 11 is 0. The van der Waals surface area contributed by atoms with Crippen molar-refractivity contribution >= 4 is 5.97 Å². The van der Waals surface area contributed by atoms with Crippen LogP contribution in [0.5, 0.6) is 0 Å². The third-order valence-electron chi connectivity index (χ3n) is 3.51. The van der Waals surface area contributed by atoms with Gasteiger partial charge in [-0.3, -0.25) is 4.79 Å². The van der Waals surface area contributed by atoms with Crippen molar-refractivity contribution in [1.29, 1.82) is 0 Å². The van der Waals surface area contributed by atoms with Crippen LogP contribution in [0.2, 0.25) is 0 Å². The van der Waals surface area contributed by atoms with Gasteiger partial charge in [0.1, 0.15) is 0 Å². The minimum absolute atomic E-state index is 0.330. The van der Waals surface area contributed by atoms with Crippen molar-refractivity contribution in [1.82, 2.24) is 0 Å². The second-order valence-corrected chi connectivity index (χ2v) is 5.56. The lowest BCUT2D eigenvalue weighted by Gasteiger charge is -2.02. The van der Waals surface area contributed by atoms with Crippen LogP contribution < -0.4 is 0 Å². The van der Waals surface area contributed by atoms with Gasteiger partial charge in [0.2, 0.25) is 0 Å². The SMILES string of the molecule is CCCCCC/C(C)=C/CCCCCCCC(=O)O. The van der Waals surface area contributed by atoms with Crippen molar-refractivity contribution in [2.75, 3.05) is 0 Å². The average molecular weight is 268 g/mol. The fraction of sp³-hybridized carbons (Fsp3) is 0.824. The van der Waals surface area contributed by atoms with Crippen LogP contribution >= 0.6 is 0 Å². The Balaban J connectivity index is 3.29. The summed E-state index contributed by atoms with van der Waals surface area (Å²) < 4.78 is 0. The number of hydrogen-bond donors (Lipinski definition) is 1. The molecule has 0 aromatic carbocycles. The van der Waals surface area contributed by atoms with Gasteiger partial charge in [-0.05, 0) is 39.0 Å². The van der Waals surface area contributed by atoms with E-state index in [2.05, 4.69) is 19.9 Å². The van der Waals surface area contributed by atoms with E-state index in [-0.39, 0.29) is 0 Å². The molecule has 0 unspecified atom stereocenters. The van der Waals surface area contributed by atoms with E-state index in [1.165, 1.54) is 57.8 Å². The molecule has 0 aromatic heterocycles. The third kappa shape index (κ3) is 15.2. The van der Waals surface area contributed by atoms with Crippen LogP contribution in [0.15, 0.2) is 11.6 Å². The fourth-order valence-corrected chi connectivity index (χ4v) is 2.23. The molecule has 1 N–H and O–H groups in total. The standard InChI is InChI=1S/C17H32O2/c1-3-4-5-10-13-16(2)14-11-8-6-7-9-12-15-17(18)19/h14H,3-13,15H2,1-2H3,(H,18,19)/b16-14+. The molecule has 0 aliphatic carbocycles. The summed E-state index contributed by atoms with van der Waals surface area (Å²) in [6.07, 6.45) is 16.1. The molecule has 0 aliphatic heterocycles. The van der Waals surface area contributed by atoms with E-state index < -0.39 is 5.97 Å². The first-order valence-corrected chi connectivity index (χ1v) is 8.04. The van der Waals surface area contributed by atoms with Crippen LogP contribution in [-0.4, -0.2) is 11.1 Å². The number of carbonyl (C=O) groups is 1. The molecule has 0 heterocycles. The topological polar surface area (TPSA) is 37.3 Å². The number of carboxylic acids is 1. The van der Waals surface area contributed by atoms with Crippen LogP contribution in [-0.2, 0) is 4.79 Å². The molecule has 2 heteroatoms. The molecule has 2 nitrogen and oxygen atoms in total. The Bertz CT molecular complexity index is 244. The van der Waals surface area contributed by atoms with Crippen molar-refractivity contribution in [2.24, 2.45) is 0 Å². The molecule has 0 saturated carbocycles. The Hall–Kier alpha value is -0.790. The van der Waals surface area contributed by atoms with E-state index in [0.717, 1.165) is 12.8 Å². The van der Waals surface area contributed by atoms with Gasteiger partial charge >= 0.3 is 5.97 Å². The van der Waals surface area contributed by atoms with Crippen molar-refractivity contribution in [3.05, 3.63) is 11.6 Å². The van der Waals surface area contributed by atoms with Crippen molar-refractivity contribution in [3.63, 3.8) is 0 Å². The Kier molecular flexibility index (Phi) is 13.1. The molecule has 0 amide bonds. The highest BCUT2D eigenvalue weighted by Gasteiger charge is 1.96. The molecule has 0 aliphatic rings. The Morgan fingerprint density at radius 2 is 1.47 bits per heavy atom. The summed E-state index contributed by atoms with van der Waals surface area (Å²) in [4.78, 5) is 10.3. The van der Waals surface area contributed by atoms with E-state index >= 15 is 0 Å². The fourth-order valence-electron chi connectivity index (χ4n) is 2.23. The van der Waals surface area contributed by atoms with Gasteiger partial charge in [-0.15, -0.1) is 0 Å². The van der Waals surface area contributed by atoms with Gasteiger partial charge in [-0.25, -0.2) is 0 Å². The van der Waals surface area contributed by atoms with E-state index in [4.69, 9.17) is 5.11 Å². The van der Waals surface area contributed by atoms with Crippen molar-refractivity contribution < 1.29 is 9.90 Å². The highest BCUT2D eigenvalue weighted by atomic mass is 16.4. The normalized spacial score (nSPS) is 11.8. The predicted molar refractivity (Wildman–Crippen MR) is 82.5 cm³/mol. The highest BCUT2D eigenvalue weighted by Crippen LogP contribution is 2.12. The van der Waals surface area contributed by atoms with Gasteiger partial charge in [0, 0.05) is 6.42 Å². The molecule has 112 valence electrons. The molecular formula is C17H32O2. The van der Waals surface area contributed by atoms with Crippen LogP contribution in [0.4, 0.5) is 0 Å². The lowest BCUT2D eigenvalue weighted by Crippen LogP contribution is -1.93. The third-order valence-corrected chi connectivity index (χ3v) is 3.51. The van der Waals surface area contributed by atoms with Crippen LogP contribution in [0.25, 0.3) is 0 Å². The lowest BCUT2D eigenvalue weighted by atomic mass is 10.0.